The Morgan fingerprint density at radius 2 is 0.744 bits per heavy atom. The van der Waals surface area contributed by atoms with E-state index in [4.69, 9.17) is 18.8 Å². The fourth-order valence-electron chi connectivity index (χ4n) is 5.17. The number of rotatable bonds is 2. The molecule has 0 unspecified atom stereocenters. The number of hydrogen-bond acceptors (Lipinski definition) is 6. The SMILES string of the molecule is Cc1c(C)c(C)c2c(C)ncc(C)c2c1C.Cc1c(C)c(C)c2c(C)ncc(C)c2c1C.O=[N][Mo]([Cl])([Cl])[N]=O. The van der Waals surface area contributed by atoms with Gasteiger partial charge in [0.15, 0.2) is 0 Å². The van der Waals surface area contributed by atoms with Crippen molar-refractivity contribution in [1.29, 1.82) is 0 Å². The predicted molar refractivity (Wildman–Crippen MR) is 164 cm³/mol. The molecule has 210 valence electrons. The molecule has 4 rings (SSSR count). The normalized spacial score (nSPS) is 11.4. The molecule has 4 aromatic rings. The first-order valence-electron chi connectivity index (χ1n) is 12.6. The minimum atomic E-state index is -4.02. The van der Waals surface area contributed by atoms with Gasteiger partial charge in [-0.15, -0.1) is 0 Å². The van der Waals surface area contributed by atoms with E-state index in [1.807, 2.05) is 12.4 Å². The van der Waals surface area contributed by atoms with Gasteiger partial charge < -0.3 is 0 Å². The third-order valence-electron chi connectivity index (χ3n) is 7.97. The number of aromatic nitrogens is 2. The summed E-state index contributed by atoms with van der Waals surface area (Å²) >= 11 is -4.02. The summed E-state index contributed by atoms with van der Waals surface area (Å²) in [4.78, 5) is 27.6. The fourth-order valence-corrected chi connectivity index (χ4v) is 5.24. The maximum absolute atomic E-state index is 9.33. The van der Waals surface area contributed by atoms with Crippen molar-refractivity contribution in [2.75, 3.05) is 0 Å². The molecule has 0 saturated carbocycles. The second-order valence-corrected chi connectivity index (χ2v) is 18.9. The summed E-state index contributed by atoms with van der Waals surface area (Å²) < 4.78 is 4.26. The van der Waals surface area contributed by atoms with Crippen LogP contribution in [0.5, 0.6) is 0 Å². The van der Waals surface area contributed by atoms with E-state index in [0.29, 0.717) is 0 Å². The van der Waals surface area contributed by atoms with Gasteiger partial charge in [-0.2, -0.15) is 0 Å². The summed E-state index contributed by atoms with van der Waals surface area (Å²) in [5.41, 5.74) is 16.1. The molecular formula is C30H38Cl2MoN4O2. The first-order valence-corrected chi connectivity index (χ1v) is 19.5. The van der Waals surface area contributed by atoms with Crippen molar-refractivity contribution in [3.63, 3.8) is 0 Å². The summed E-state index contributed by atoms with van der Waals surface area (Å²) in [6.45, 7) is 26.2. The Morgan fingerprint density at radius 3 is 0.974 bits per heavy atom. The summed E-state index contributed by atoms with van der Waals surface area (Å²) in [7, 11) is 9.80. The number of aryl methyl sites for hydroxylation is 8. The van der Waals surface area contributed by atoms with Crippen molar-refractivity contribution in [3.8, 4) is 0 Å². The standard InChI is InChI=1S/2C15H19N.2ClH.Mo.2NO/c2*1-8-7-16-13(6)15-12(5)10(3)9(2)11(4)14(8)15;;;;2*1-2/h2*7H,1-6H3;2*1H;;;/q;;;;+4;2*-1/p-2. The summed E-state index contributed by atoms with van der Waals surface area (Å²) in [5, 5.41) is 5.49. The van der Waals surface area contributed by atoms with Gasteiger partial charge in [-0.25, -0.2) is 0 Å². The molecular weight excluding hydrogens is 615 g/mol. The molecule has 0 N–H and O–H groups in total. The number of nitroso groups, excluding NO2 is 2. The fraction of sp³-hybridized carbons (Fsp3) is 0.400. The van der Waals surface area contributed by atoms with Gasteiger partial charge >= 0.3 is 50.6 Å². The molecule has 2 aromatic carbocycles. The van der Waals surface area contributed by atoms with E-state index < -0.39 is 14.5 Å². The van der Waals surface area contributed by atoms with Crippen LogP contribution in [0, 0.1) is 92.9 Å². The maximum atomic E-state index is 9.33. The minimum absolute atomic E-state index is 1.14. The molecule has 0 fully saturated rings. The van der Waals surface area contributed by atoms with E-state index in [-0.39, 0.29) is 0 Å². The van der Waals surface area contributed by atoms with Crippen LogP contribution in [0.3, 0.4) is 0 Å². The van der Waals surface area contributed by atoms with Gasteiger partial charge in [0, 0.05) is 34.6 Å². The molecule has 0 radical (unpaired) electrons. The zero-order valence-electron chi connectivity index (χ0n) is 24.9. The van der Waals surface area contributed by atoms with Crippen LogP contribution < -0.4 is 0 Å². The topological polar surface area (TPSA) is 84.6 Å². The number of hydrogen-bond donors (Lipinski definition) is 0. The molecule has 0 aliphatic carbocycles. The van der Waals surface area contributed by atoms with Crippen LogP contribution in [0.2, 0.25) is 0 Å². The average molecular weight is 654 g/mol. The van der Waals surface area contributed by atoms with Crippen LogP contribution in [-0.2, 0) is 14.5 Å². The molecule has 0 amide bonds. The van der Waals surface area contributed by atoms with Gasteiger partial charge in [0.05, 0.1) is 0 Å². The third-order valence-corrected chi connectivity index (χ3v) is 10.2. The molecule has 9 heteroatoms. The van der Waals surface area contributed by atoms with Gasteiger partial charge in [-0.05, 0) is 149 Å². The van der Waals surface area contributed by atoms with E-state index in [9.17, 15) is 9.81 Å². The second kappa shape index (κ2) is 12.9. The van der Waals surface area contributed by atoms with Crippen molar-refractivity contribution in [3.05, 3.63) is 89.2 Å². The number of halogens is 2. The van der Waals surface area contributed by atoms with E-state index in [1.165, 1.54) is 77.2 Å². The Balaban J connectivity index is 0.000000222. The van der Waals surface area contributed by atoms with Crippen LogP contribution in [0.15, 0.2) is 19.9 Å². The van der Waals surface area contributed by atoms with E-state index in [1.54, 1.807) is 0 Å². The second-order valence-electron chi connectivity index (χ2n) is 10.1. The quantitative estimate of drug-likeness (QED) is 0.159. The molecule has 2 heterocycles. The molecule has 0 saturated heterocycles. The zero-order chi connectivity index (χ0) is 30.0. The molecule has 39 heavy (non-hydrogen) atoms. The van der Waals surface area contributed by atoms with Crippen LogP contribution in [0.25, 0.3) is 21.5 Å². The monoisotopic (exact) mass is 654 g/mol. The molecule has 0 aliphatic rings. The van der Waals surface area contributed by atoms with Crippen molar-refractivity contribution < 1.29 is 14.5 Å². The third kappa shape index (κ3) is 6.73. The van der Waals surface area contributed by atoms with Crippen LogP contribution in [0.4, 0.5) is 0 Å². The van der Waals surface area contributed by atoms with E-state index in [2.05, 4.69) is 101 Å². The van der Waals surface area contributed by atoms with Gasteiger partial charge in [0.25, 0.3) is 0 Å². The van der Waals surface area contributed by atoms with Crippen molar-refractivity contribution in [1.82, 2.24) is 9.97 Å². The van der Waals surface area contributed by atoms with Crippen molar-refractivity contribution in [2.45, 2.75) is 83.1 Å². The summed E-state index contributed by atoms with van der Waals surface area (Å²) in [6, 6.07) is 0. The van der Waals surface area contributed by atoms with Crippen molar-refractivity contribution in [2.24, 2.45) is 7.47 Å². The molecule has 0 atom stereocenters. The van der Waals surface area contributed by atoms with E-state index in [0.717, 1.165) is 11.4 Å². The Bertz CT molecular complexity index is 1380. The average Bonchev–Trinajstić information content (AvgIpc) is 2.91. The number of fused-ring (bicyclic) bond motifs is 2. The first-order chi connectivity index (χ1) is 18.0. The summed E-state index contributed by atoms with van der Waals surface area (Å²) in [6.07, 6.45) is 3.97. The molecule has 0 aliphatic heterocycles. The van der Waals surface area contributed by atoms with Crippen LogP contribution in [0.1, 0.15) is 67.0 Å². The molecule has 0 bridgehead atoms. The Morgan fingerprint density at radius 1 is 0.487 bits per heavy atom. The Labute approximate surface area is 243 Å². The predicted octanol–water partition coefficient (Wildman–Crippen LogP) is 9.98. The zero-order valence-corrected chi connectivity index (χ0v) is 28.4. The molecule has 0 spiro atoms. The van der Waals surface area contributed by atoms with Crippen LogP contribution >= 0.6 is 18.8 Å². The first kappa shape index (κ1) is 32.9. The van der Waals surface area contributed by atoms with E-state index >= 15 is 0 Å². The molecule has 2 aromatic heterocycles. The number of pyridine rings is 2. The van der Waals surface area contributed by atoms with Crippen molar-refractivity contribution >= 4 is 40.4 Å². The van der Waals surface area contributed by atoms with Crippen LogP contribution in [-0.4, -0.2) is 9.97 Å². The van der Waals surface area contributed by atoms with Gasteiger partial charge in [0.1, 0.15) is 0 Å². The van der Waals surface area contributed by atoms with Gasteiger partial charge in [-0.1, -0.05) is 0 Å². The Kier molecular flexibility index (Phi) is 10.9. The van der Waals surface area contributed by atoms with Gasteiger partial charge in [0.2, 0.25) is 0 Å². The number of nitrogens with zero attached hydrogens (tertiary/aromatic N) is 4. The number of benzene rings is 2. The Hall–Kier alpha value is -2.27. The van der Waals surface area contributed by atoms with Gasteiger partial charge in [-0.3, -0.25) is 9.97 Å². The molecule has 6 nitrogen and oxygen atoms in total. The summed E-state index contributed by atoms with van der Waals surface area (Å²) in [5.74, 6) is 0.